The summed E-state index contributed by atoms with van der Waals surface area (Å²) in [6.45, 7) is 0.752. The lowest BCUT2D eigenvalue weighted by molar-refractivity contribution is -0.143. The third kappa shape index (κ3) is 2.60. The first kappa shape index (κ1) is 19.4. The summed E-state index contributed by atoms with van der Waals surface area (Å²) in [5.74, 6) is -0.157. The maximum absolute atomic E-state index is 13.2. The summed E-state index contributed by atoms with van der Waals surface area (Å²) in [6, 6.07) is 2.72. The van der Waals surface area contributed by atoms with Crippen molar-refractivity contribution < 1.29 is 31.1 Å². The van der Waals surface area contributed by atoms with Crippen LogP contribution in [0.5, 0.6) is 0 Å². The second-order valence-electron chi connectivity index (χ2n) is 8.74. The average molecular weight is 445 g/mol. The van der Waals surface area contributed by atoms with Crippen molar-refractivity contribution in [1.82, 2.24) is 19.7 Å². The van der Waals surface area contributed by atoms with Gasteiger partial charge < -0.3 is 10.5 Å². The van der Waals surface area contributed by atoms with Gasteiger partial charge in [-0.1, -0.05) is 0 Å². The third-order valence-electron chi connectivity index (χ3n) is 7.14. The van der Waals surface area contributed by atoms with E-state index in [-0.39, 0.29) is 40.6 Å². The zero-order valence-corrected chi connectivity index (χ0v) is 15.9. The van der Waals surface area contributed by atoms with E-state index in [9.17, 15) is 26.3 Å². The largest absolute Gasteiger partial charge is 0.419 e. The summed E-state index contributed by atoms with van der Waals surface area (Å²) < 4.78 is 85.5. The molecule has 31 heavy (non-hydrogen) atoms. The van der Waals surface area contributed by atoms with Crippen molar-refractivity contribution in [1.29, 1.82) is 0 Å². The Bertz CT molecular complexity index is 1070. The number of nitrogens with two attached hydrogens (primary N) is 1. The molecule has 0 radical (unpaired) electrons. The molecule has 2 bridgehead atoms. The number of nitrogen functional groups attached to an aromatic ring is 1. The number of hydrogen-bond donors (Lipinski definition) is 1. The van der Waals surface area contributed by atoms with Gasteiger partial charge in [-0.2, -0.15) is 31.4 Å². The normalized spacial score (nSPS) is 32.1. The van der Waals surface area contributed by atoms with E-state index in [0.29, 0.717) is 18.9 Å². The first-order valence-electron chi connectivity index (χ1n) is 9.83. The molecule has 3 saturated heterocycles. The van der Waals surface area contributed by atoms with Gasteiger partial charge in [-0.25, -0.2) is 4.98 Å². The fourth-order valence-electron chi connectivity index (χ4n) is 5.68. The molecule has 166 valence electrons. The molecule has 5 fully saturated rings. The number of pyridine rings is 1. The molecule has 5 aliphatic rings. The Hall–Kier alpha value is -2.34. The number of nitrogens with zero attached hydrogens (tertiary/aromatic N) is 4. The van der Waals surface area contributed by atoms with Crippen molar-refractivity contribution in [3.05, 3.63) is 29.6 Å². The van der Waals surface area contributed by atoms with E-state index < -0.39 is 30.3 Å². The van der Waals surface area contributed by atoms with Crippen LogP contribution in [0.15, 0.2) is 18.3 Å². The van der Waals surface area contributed by atoms with Crippen molar-refractivity contribution in [3.63, 3.8) is 0 Å². The lowest BCUT2D eigenvalue weighted by Gasteiger charge is -2.34. The van der Waals surface area contributed by atoms with Crippen LogP contribution < -0.4 is 5.73 Å². The number of anilines is 1. The third-order valence-corrected chi connectivity index (χ3v) is 7.14. The number of alkyl halides is 6. The van der Waals surface area contributed by atoms with Crippen LogP contribution in [-0.4, -0.2) is 57.7 Å². The SMILES string of the molecule is Nc1ncc(-c2cc([C@@]34C5[C@H]3[C@H]4CN5C3COC3)n(CC(F)(F)F)n2)cc1C(F)(F)F. The number of halogens is 6. The van der Waals surface area contributed by atoms with E-state index in [1.807, 2.05) is 0 Å². The van der Waals surface area contributed by atoms with Gasteiger partial charge in [0.15, 0.2) is 0 Å². The number of hydrogen-bond acceptors (Lipinski definition) is 5. The smallest absolute Gasteiger partial charge is 0.383 e. The Morgan fingerprint density at radius 3 is 2.48 bits per heavy atom. The van der Waals surface area contributed by atoms with Crippen molar-refractivity contribution in [2.24, 2.45) is 11.8 Å². The standard InChI is InChI=1S/C19H17F6N5O/c20-17(21,22)7-30-13(18-11-4-29(9-5-31-6-9)15(18)14(11)18)2-12(28-30)8-1-10(19(23,24)25)16(26)27-3-8/h1-3,9,11,14-15H,4-7H2,(H2,26,27)/t11-,14-,15?,18-/m1/s1. The number of ether oxygens (including phenoxy) is 1. The Morgan fingerprint density at radius 2 is 1.90 bits per heavy atom. The van der Waals surface area contributed by atoms with Crippen LogP contribution in [0.4, 0.5) is 32.2 Å². The fraction of sp³-hybridized carbons (Fsp3) is 0.579. The van der Waals surface area contributed by atoms with Gasteiger partial charge in [0.1, 0.15) is 12.4 Å². The lowest BCUT2D eigenvalue weighted by atomic mass is 10.0. The molecule has 2 aromatic heterocycles. The minimum absolute atomic E-state index is 0.0189. The van der Waals surface area contributed by atoms with Gasteiger partial charge in [0, 0.05) is 35.5 Å². The van der Waals surface area contributed by atoms with Crippen LogP contribution in [0.1, 0.15) is 11.3 Å². The summed E-state index contributed by atoms with van der Waals surface area (Å²) in [7, 11) is 0. The summed E-state index contributed by atoms with van der Waals surface area (Å²) in [5.41, 5.74) is 4.27. The Labute approximate surface area is 172 Å². The van der Waals surface area contributed by atoms with E-state index in [1.54, 1.807) is 0 Å². The molecule has 2 aliphatic carbocycles. The van der Waals surface area contributed by atoms with Crippen LogP contribution in [0.25, 0.3) is 11.3 Å². The van der Waals surface area contributed by atoms with Crippen LogP contribution in [0, 0.1) is 11.8 Å². The molecule has 2 saturated carbocycles. The van der Waals surface area contributed by atoms with E-state index in [1.165, 1.54) is 6.07 Å². The van der Waals surface area contributed by atoms with Crippen molar-refractivity contribution in [3.8, 4) is 11.3 Å². The number of fused-ring (bicyclic) bond motifs is 1. The Kier molecular flexibility index (Phi) is 3.57. The zero-order valence-electron chi connectivity index (χ0n) is 15.9. The predicted octanol–water partition coefficient (Wildman–Crippen LogP) is 2.69. The molecule has 7 rings (SSSR count). The summed E-state index contributed by atoms with van der Waals surface area (Å²) in [5, 5.41) is 4.06. The zero-order chi connectivity index (χ0) is 21.9. The molecule has 2 aromatic rings. The Morgan fingerprint density at radius 1 is 1.16 bits per heavy atom. The van der Waals surface area contributed by atoms with Gasteiger partial charge in [-0.3, -0.25) is 9.58 Å². The molecule has 3 aliphatic heterocycles. The molecule has 0 aromatic carbocycles. The molecule has 1 unspecified atom stereocenters. The maximum atomic E-state index is 13.2. The second-order valence-corrected chi connectivity index (χ2v) is 8.74. The monoisotopic (exact) mass is 445 g/mol. The maximum Gasteiger partial charge on any atom is 0.419 e. The van der Waals surface area contributed by atoms with Crippen LogP contribution in [-0.2, 0) is 22.9 Å². The molecule has 6 nitrogen and oxygen atoms in total. The molecule has 12 heteroatoms. The van der Waals surface area contributed by atoms with Crippen LogP contribution in [0.2, 0.25) is 0 Å². The minimum atomic E-state index is -4.73. The second kappa shape index (κ2) is 5.71. The first-order valence-corrected chi connectivity index (χ1v) is 9.83. The van der Waals surface area contributed by atoms with E-state index in [4.69, 9.17) is 10.5 Å². The summed E-state index contributed by atoms with van der Waals surface area (Å²) in [4.78, 5) is 5.89. The quantitative estimate of drug-likeness (QED) is 0.734. The molecular weight excluding hydrogens is 428 g/mol. The molecule has 5 heterocycles. The highest BCUT2D eigenvalue weighted by molar-refractivity contribution is 5.65. The average Bonchev–Trinajstić information content (AvgIpc) is 3.18. The summed E-state index contributed by atoms with van der Waals surface area (Å²) >= 11 is 0. The molecular formula is C19H17F6N5O. The number of rotatable bonds is 4. The van der Waals surface area contributed by atoms with Gasteiger partial charge >= 0.3 is 12.4 Å². The van der Waals surface area contributed by atoms with Gasteiger partial charge in [0.2, 0.25) is 0 Å². The predicted molar refractivity (Wildman–Crippen MR) is 94.7 cm³/mol. The molecule has 2 N–H and O–H groups in total. The highest BCUT2D eigenvalue weighted by Crippen LogP contribution is 2.86. The number of piperidine rings is 1. The topological polar surface area (TPSA) is 69.2 Å². The Balaban J connectivity index is 1.39. The van der Waals surface area contributed by atoms with Crippen molar-refractivity contribution in [2.45, 2.75) is 36.4 Å². The minimum Gasteiger partial charge on any atom is -0.383 e. The van der Waals surface area contributed by atoms with Gasteiger partial charge in [-0.05, 0) is 24.0 Å². The first-order chi connectivity index (χ1) is 14.5. The van der Waals surface area contributed by atoms with Crippen molar-refractivity contribution >= 4 is 5.82 Å². The highest BCUT2D eigenvalue weighted by atomic mass is 19.4. The highest BCUT2D eigenvalue weighted by Gasteiger charge is 2.94. The van der Waals surface area contributed by atoms with Crippen molar-refractivity contribution in [2.75, 3.05) is 25.5 Å². The van der Waals surface area contributed by atoms with Gasteiger partial charge in [0.05, 0.1) is 30.5 Å². The fourth-order valence-corrected chi connectivity index (χ4v) is 5.68. The van der Waals surface area contributed by atoms with E-state index >= 15 is 0 Å². The van der Waals surface area contributed by atoms with Crippen LogP contribution >= 0.6 is 0 Å². The lowest BCUT2D eigenvalue weighted by Crippen LogP contribution is -2.48. The molecule has 0 spiro atoms. The summed E-state index contributed by atoms with van der Waals surface area (Å²) in [6.07, 6.45) is -8.13. The van der Waals surface area contributed by atoms with E-state index in [0.717, 1.165) is 23.5 Å². The van der Waals surface area contributed by atoms with Gasteiger partial charge in [-0.15, -0.1) is 0 Å². The molecule has 4 atom stereocenters. The molecule has 0 amide bonds. The van der Waals surface area contributed by atoms with Crippen LogP contribution in [0.3, 0.4) is 0 Å². The van der Waals surface area contributed by atoms with E-state index in [2.05, 4.69) is 15.0 Å². The number of aromatic nitrogens is 3. The van der Waals surface area contributed by atoms with Gasteiger partial charge in [0.25, 0.3) is 0 Å².